The lowest BCUT2D eigenvalue weighted by atomic mass is 9.94. The highest BCUT2D eigenvalue weighted by atomic mass is 35.5. The summed E-state index contributed by atoms with van der Waals surface area (Å²) >= 11 is 7.05. The fourth-order valence-electron chi connectivity index (χ4n) is 4.88. The van der Waals surface area contributed by atoms with E-state index in [4.69, 9.17) is 21.1 Å². The van der Waals surface area contributed by atoms with Crippen LogP contribution in [0, 0.1) is 6.92 Å². The van der Waals surface area contributed by atoms with Gasteiger partial charge in [-0.3, -0.25) is 9.18 Å². The number of hydrogen-bond acceptors (Lipinski definition) is 4. The van der Waals surface area contributed by atoms with Gasteiger partial charge in [0.25, 0.3) is 0 Å². The number of aromatic nitrogens is 2. The number of methoxy groups -OCH3 is 2. The van der Waals surface area contributed by atoms with E-state index in [1.54, 1.807) is 12.1 Å². The van der Waals surface area contributed by atoms with Crippen LogP contribution in [-0.4, -0.2) is 37.5 Å². The first kappa shape index (κ1) is 27.9. The molecule has 7 heteroatoms. The molecule has 0 saturated heterocycles. The van der Waals surface area contributed by atoms with Gasteiger partial charge in [0, 0.05) is 28.6 Å². The van der Waals surface area contributed by atoms with Gasteiger partial charge in [-0.1, -0.05) is 67.1 Å². The Kier molecular flexibility index (Phi) is 8.67. The maximum atomic E-state index is 11.6. The summed E-state index contributed by atoms with van der Waals surface area (Å²) in [4.78, 5) is 11.6. The van der Waals surface area contributed by atoms with Gasteiger partial charge in [0.05, 0.1) is 49.4 Å². The molecule has 5 rings (SSSR count). The van der Waals surface area contributed by atoms with Gasteiger partial charge < -0.3 is 9.47 Å². The predicted molar refractivity (Wildman–Crippen MR) is 157 cm³/mol. The Bertz CT molecular complexity index is 1620. The van der Waals surface area contributed by atoms with Crippen molar-refractivity contribution in [1.29, 1.82) is 0 Å². The molecule has 200 valence electrons. The van der Waals surface area contributed by atoms with Crippen molar-refractivity contribution >= 4 is 28.8 Å². The van der Waals surface area contributed by atoms with E-state index in [9.17, 15) is 9.18 Å². The van der Waals surface area contributed by atoms with E-state index in [1.807, 2.05) is 35.1 Å². The van der Waals surface area contributed by atoms with Crippen LogP contribution in [0.1, 0.15) is 28.4 Å². The second-order valence-corrected chi connectivity index (χ2v) is 9.22. The Hall–Kier alpha value is -4.16. The molecule has 0 radical (unpaired) electrons. The first-order chi connectivity index (χ1) is 19.0. The zero-order valence-corrected chi connectivity index (χ0v) is 23.3. The highest BCUT2D eigenvalue weighted by Gasteiger charge is 2.18. The highest BCUT2D eigenvalue weighted by Crippen LogP contribution is 2.40. The fraction of sp³-hybridized carbons (Fsp3) is 0.188. The number of aldehydes is 1. The van der Waals surface area contributed by atoms with Crippen molar-refractivity contribution in [2.45, 2.75) is 20.3 Å². The van der Waals surface area contributed by atoms with E-state index >= 15 is 0 Å². The molecule has 0 aliphatic carbocycles. The number of ether oxygens (including phenoxy) is 2. The Balaban J connectivity index is 0.00000172. The molecule has 0 amide bonds. The maximum absolute atomic E-state index is 11.6. The molecular formula is C32H30ClFN2O3. The molecule has 4 aromatic carbocycles. The van der Waals surface area contributed by atoms with Crippen LogP contribution < -0.4 is 9.47 Å². The van der Waals surface area contributed by atoms with Crippen LogP contribution in [0.3, 0.4) is 0 Å². The molecule has 0 N–H and O–H groups in total. The Morgan fingerprint density at radius 2 is 1.56 bits per heavy atom. The summed E-state index contributed by atoms with van der Waals surface area (Å²) in [5.41, 5.74) is 8.58. The zero-order chi connectivity index (χ0) is 28.1. The smallest absolute Gasteiger partial charge is 0.157 e. The quantitative estimate of drug-likeness (QED) is 0.193. The summed E-state index contributed by atoms with van der Waals surface area (Å²) in [6, 6.07) is 22.3. The number of alkyl halides is 1. The van der Waals surface area contributed by atoms with Crippen molar-refractivity contribution in [3.8, 4) is 39.4 Å². The molecule has 5 aromatic rings. The van der Waals surface area contributed by atoms with Crippen LogP contribution in [0.4, 0.5) is 4.39 Å². The molecule has 1 aromatic heterocycles. The molecule has 5 nitrogen and oxygen atoms in total. The van der Waals surface area contributed by atoms with Crippen molar-refractivity contribution in [2.24, 2.45) is 0 Å². The van der Waals surface area contributed by atoms with E-state index < -0.39 is 0 Å². The number of benzene rings is 4. The average molecular weight is 545 g/mol. The first-order valence-electron chi connectivity index (χ1n) is 12.5. The predicted octanol–water partition coefficient (Wildman–Crippen LogP) is 8.30. The molecular weight excluding hydrogens is 515 g/mol. The summed E-state index contributed by atoms with van der Waals surface area (Å²) in [5.74, 6) is 0.841. The Morgan fingerprint density at radius 3 is 2.18 bits per heavy atom. The van der Waals surface area contributed by atoms with Crippen LogP contribution in [0.5, 0.6) is 11.5 Å². The minimum absolute atomic E-state index is 0.358. The first-order valence-corrected chi connectivity index (χ1v) is 12.8. The maximum Gasteiger partial charge on any atom is 0.157 e. The summed E-state index contributed by atoms with van der Waals surface area (Å²) < 4.78 is 22.2. The minimum atomic E-state index is 0.358. The summed E-state index contributed by atoms with van der Waals surface area (Å²) in [5, 5.41) is 6.33. The van der Waals surface area contributed by atoms with Crippen LogP contribution >= 0.6 is 11.6 Å². The lowest BCUT2D eigenvalue weighted by Crippen LogP contribution is -2.01. The standard InChI is InChI=1S/C31H27ClN2O3.CH3F/c1-5-20-12-13-21(14-19(20)2)23-8-6-10-25(31(23)32)24-9-7-11-28-26(24)17-33-34(28)22-15-29(36-3)27(18-35)30(16-22)37-4;1-2/h6-18H,5H2,1-4H3;1H3. The lowest BCUT2D eigenvalue weighted by molar-refractivity contribution is 0.111. The van der Waals surface area contributed by atoms with Gasteiger partial charge in [0.15, 0.2) is 6.29 Å². The largest absolute Gasteiger partial charge is 0.496 e. The van der Waals surface area contributed by atoms with E-state index in [0.29, 0.717) is 29.3 Å². The van der Waals surface area contributed by atoms with Gasteiger partial charge >= 0.3 is 0 Å². The van der Waals surface area contributed by atoms with Crippen LogP contribution in [0.2, 0.25) is 5.02 Å². The summed E-state index contributed by atoms with van der Waals surface area (Å²) in [7, 11) is 3.55. The van der Waals surface area contributed by atoms with Crippen LogP contribution in [0.25, 0.3) is 38.8 Å². The third kappa shape index (κ3) is 5.12. The third-order valence-corrected chi connectivity index (χ3v) is 7.24. The van der Waals surface area contributed by atoms with Crippen LogP contribution in [0.15, 0.2) is 72.9 Å². The van der Waals surface area contributed by atoms with Gasteiger partial charge in [-0.15, -0.1) is 0 Å². The molecule has 1 heterocycles. The van der Waals surface area contributed by atoms with Crippen molar-refractivity contribution in [3.05, 3.63) is 94.6 Å². The highest BCUT2D eigenvalue weighted by molar-refractivity contribution is 6.36. The summed E-state index contributed by atoms with van der Waals surface area (Å²) in [6.07, 6.45) is 3.56. The van der Waals surface area contributed by atoms with E-state index in [2.05, 4.69) is 49.3 Å². The third-order valence-electron chi connectivity index (χ3n) is 6.83. The number of aryl methyl sites for hydroxylation is 2. The SMILES string of the molecule is CCc1ccc(-c2cccc(-c3cccc4c3cnn4-c3cc(OC)c(C=O)c(OC)c3)c2Cl)cc1C.CF. The normalized spacial score (nSPS) is 10.6. The minimum Gasteiger partial charge on any atom is -0.496 e. The monoisotopic (exact) mass is 544 g/mol. The number of rotatable bonds is 7. The summed E-state index contributed by atoms with van der Waals surface area (Å²) in [6.45, 7) is 4.31. The van der Waals surface area contributed by atoms with Crippen molar-refractivity contribution in [2.75, 3.05) is 21.4 Å². The average Bonchev–Trinajstić information content (AvgIpc) is 3.42. The zero-order valence-electron chi connectivity index (χ0n) is 22.6. The van der Waals surface area contributed by atoms with Gasteiger partial charge in [-0.25, -0.2) is 4.68 Å². The molecule has 0 bridgehead atoms. The van der Waals surface area contributed by atoms with Gasteiger partial charge in [-0.05, 0) is 41.7 Å². The molecule has 0 fully saturated rings. The topological polar surface area (TPSA) is 53.4 Å². The number of nitrogens with zero attached hydrogens (tertiary/aromatic N) is 2. The molecule has 0 aliphatic rings. The second-order valence-electron chi connectivity index (χ2n) is 8.84. The van der Waals surface area contributed by atoms with Crippen molar-refractivity contribution in [3.63, 3.8) is 0 Å². The van der Waals surface area contributed by atoms with E-state index in [0.717, 1.165) is 51.6 Å². The number of hydrogen-bond donors (Lipinski definition) is 0. The Labute approximate surface area is 232 Å². The molecule has 0 spiro atoms. The fourth-order valence-corrected chi connectivity index (χ4v) is 5.22. The van der Waals surface area contributed by atoms with Crippen LogP contribution in [-0.2, 0) is 6.42 Å². The number of carbonyl (C=O) groups excluding carboxylic acids is 1. The molecule has 0 saturated carbocycles. The second kappa shape index (κ2) is 12.1. The molecule has 39 heavy (non-hydrogen) atoms. The number of fused-ring (bicyclic) bond motifs is 1. The van der Waals surface area contributed by atoms with Gasteiger partial charge in [0.1, 0.15) is 11.5 Å². The lowest BCUT2D eigenvalue weighted by Gasteiger charge is -2.14. The van der Waals surface area contributed by atoms with E-state index in [1.165, 1.54) is 25.3 Å². The van der Waals surface area contributed by atoms with Crippen molar-refractivity contribution in [1.82, 2.24) is 9.78 Å². The Morgan fingerprint density at radius 1 is 0.923 bits per heavy atom. The molecule has 0 unspecified atom stereocenters. The van der Waals surface area contributed by atoms with Crippen molar-refractivity contribution < 1.29 is 18.7 Å². The number of carbonyl (C=O) groups is 1. The molecule has 0 aliphatic heterocycles. The van der Waals surface area contributed by atoms with Gasteiger partial charge in [0.2, 0.25) is 0 Å². The molecule has 0 atom stereocenters. The van der Waals surface area contributed by atoms with E-state index in [-0.39, 0.29) is 0 Å². The number of halogens is 2. The van der Waals surface area contributed by atoms with Gasteiger partial charge in [-0.2, -0.15) is 5.10 Å².